The Kier molecular flexibility index (Phi) is 3.90. The Hall–Kier alpha value is -2.89. The first-order chi connectivity index (χ1) is 12.4. The van der Waals surface area contributed by atoms with E-state index in [4.69, 9.17) is 0 Å². The van der Waals surface area contributed by atoms with Crippen molar-refractivity contribution in [3.63, 3.8) is 0 Å². The van der Waals surface area contributed by atoms with Gasteiger partial charge in [-0.25, -0.2) is 22.8 Å². The predicted octanol–water partition coefficient (Wildman–Crippen LogP) is 5.36. The second-order valence-corrected chi connectivity index (χ2v) is 6.51. The third-order valence-electron chi connectivity index (χ3n) is 4.54. The van der Waals surface area contributed by atoms with E-state index in [1.54, 1.807) is 16.8 Å². The molecule has 26 heavy (non-hydrogen) atoms. The van der Waals surface area contributed by atoms with E-state index < -0.39 is 11.6 Å². The van der Waals surface area contributed by atoms with Crippen molar-refractivity contribution in [2.75, 3.05) is 0 Å². The molecular weight excluding hydrogens is 339 g/mol. The van der Waals surface area contributed by atoms with Gasteiger partial charge in [-0.3, -0.25) is 0 Å². The molecule has 1 aromatic heterocycles. The lowest BCUT2D eigenvalue weighted by Gasteiger charge is -2.24. The maximum absolute atomic E-state index is 13.7. The lowest BCUT2D eigenvalue weighted by Crippen LogP contribution is -2.19. The molecule has 1 atom stereocenters. The molecule has 0 aliphatic carbocycles. The molecule has 1 aliphatic heterocycles. The number of hydrogen-bond donors (Lipinski definition) is 0. The largest absolute Gasteiger partial charge is 0.239 e. The Morgan fingerprint density at radius 3 is 2.23 bits per heavy atom. The summed E-state index contributed by atoms with van der Waals surface area (Å²) in [6.07, 6.45) is 0.514. The lowest BCUT2D eigenvalue weighted by molar-refractivity contribution is 0.514. The van der Waals surface area contributed by atoms with E-state index in [0.717, 1.165) is 28.6 Å². The van der Waals surface area contributed by atoms with Gasteiger partial charge in [0.2, 0.25) is 0 Å². The van der Waals surface area contributed by atoms with Gasteiger partial charge in [0.1, 0.15) is 17.5 Å². The number of fused-ring (bicyclic) bond motifs is 1. The van der Waals surface area contributed by atoms with Crippen LogP contribution < -0.4 is 0 Å². The quantitative estimate of drug-likeness (QED) is 0.608. The maximum Gasteiger partial charge on any atom is 0.159 e. The van der Waals surface area contributed by atoms with E-state index in [2.05, 4.69) is 10.1 Å². The zero-order chi connectivity index (χ0) is 18.4. The van der Waals surface area contributed by atoms with E-state index in [-0.39, 0.29) is 11.9 Å². The summed E-state index contributed by atoms with van der Waals surface area (Å²) in [5.74, 6) is -0.943. The molecular formula is C20H16F3N3. The summed E-state index contributed by atoms with van der Waals surface area (Å²) in [6.45, 7) is 3.72. The van der Waals surface area contributed by atoms with Gasteiger partial charge in [0.15, 0.2) is 5.82 Å². The molecule has 0 radical (unpaired) electrons. The standard InChI is InChI=1S/C20H16F3N3/c1-11-7-18(14-8-16(22)10-17(23)9-14)26-20(24-11)19(12(2)25-26)13-3-5-15(21)6-4-13/h3-6,8-10,18H,7H2,1-2H3/t18-/m0/s1. The Labute approximate surface area is 148 Å². The summed E-state index contributed by atoms with van der Waals surface area (Å²) in [4.78, 5) is 4.62. The first kappa shape index (κ1) is 16.6. The number of rotatable bonds is 2. The molecule has 4 rings (SSSR count). The van der Waals surface area contributed by atoms with Crippen LogP contribution in [0, 0.1) is 24.4 Å². The van der Waals surface area contributed by atoms with Gasteiger partial charge in [-0.15, -0.1) is 0 Å². The van der Waals surface area contributed by atoms with Crippen molar-refractivity contribution in [2.45, 2.75) is 26.3 Å². The fourth-order valence-electron chi connectivity index (χ4n) is 3.43. The Morgan fingerprint density at radius 1 is 0.923 bits per heavy atom. The van der Waals surface area contributed by atoms with Crippen LogP contribution in [0.1, 0.15) is 30.6 Å². The van der Waals surface area contributed by atoms with Crippen molar-refractivity contribution in [1.29, 1.82) is 0 Å². The average molecular weight is 355 g/mol. The van der Waals surface area contributed by atoms with Gasteiger partial charge in [-0.2, -0.15) is 5.10 Å². The van der Waals surface area contributed by atoms with Crippen LogP contribution in [0.3, 0.4) is 0 Å². The van der Waals surface area contributed by atoms with Gasteiger partial charge in [0.25, 0.3) is 0 Å². The molecule has 3 nitrogen and oxygen atoms in total. The van der Waals surface area contributed by atoms with E-state index in [1.165, 1.54) is 24.3 Å². The molecule has 132 valence electrons. The topological polar surface area (TPSA) is 30.2 Å². The lowest BCUT2D eigenvalue weighted by atomic mass is 9.99. The molecule has 2 heterocycles. The summed E-state index contributed by atoms with van der Waals surface area (Å²) in [6, 6.07) is 9.28. The summed E-state index contributed by atoms with van der Waals surface area (Å²) < 4.78 is 42.4. The molecule has 0 N–H and O–H groups in total. The maximum atomic E-state index is 13.7. The van der Waals surface area contributed by atoms with Crippen LogP contribution in [0.2, 0.25) is 0 Å². The smallest absolute Gasteiger partial charge is 0.159 e. The molecule has 1 aliphatic rings. The molecule has 0 unspecified atom stereocenters. The number of nitrogens with zero attached hydrogens (tertiary/aromatic N) is 3. The summed E-state index contributed by atoms with van der Waals surface area (Å²) in [5, 5.41) is 4.57. The van der Waals surface area contributed by atoms with Gasteiger partial charge in [-0.05, 0) is 49.2 Å². The number of aliphatic imine (C=N–C) groups is 1. The third-order valence-corrected chi connectivity index (χ3v) is 4.54. The molecule has 2 aromatic carbocycles. The average Bonchev–Trinajstić information content (AvgIpc) is 2.90. The van der Waals surface area contributed by atoms with Gasteiger partial charge in [0, 0.05) is 23.8 Å². The van der Waals surface area contributed by atoms with Crippen LogP contribution in [0.15, 0.2) is 47.5 Å². The molecule has 0 saturated carbocycles. The van der Waals surface area contributed by atoms with Crippen molar-refractivity contribution in [2.24, 2.45) is 4.99 Å². The highest BCUT2D eigenvalue weighted by Crippen LogP contribution is 2.41. The minimum Gasteiger partial charge on any atom is -0.239 e. The minimum absolute atomic E-state index is 0.319. The van der Waals surface area contributed by atoms with E-state index in [0.29, 0.717) is 17.8 Å². The van der Waals surface area contributed by atoms with Crippen molar-refractivity contribution < 1.29 is 13.2 Å². The molecule has 0 amide bonds. The molecule has 0 saturated heterocycles. The SMILES string of the molecule is CC1=Nc2c(-c3ccc(F)cc3)c(C)nn2[C@H](c2cc(F)cc(F)c2)C1. The fourth-order valence-corrected chi connectivity index (χ4v) is 3.43. The highest BCUT2D eigenvalue weighted by molar-refractivity contribution is 5.90. The second kappa shape index (κ2) is 6.12. The first-order valence-electron chi connectivity index (χ1n) is 8.27. The highest BCUT2D eigenvalue weighted by Gasteiger charge is 2.28. The molecule has 3 aromatic rings. The highest BCUT2D eigenvalue weighted by atomic mass is 19.1. The van der Waals surface area contributed by atoms with Gasteiger partial charge in [0.05, 0.1) is 11.7 Å². The van der Waals surface area contributed by atoms with Gasteiger partial charge in [-0.1, -0.05) is 12.1 Å². The zero-order valence-corrected chi connectivity index (χ0v) is 14.3. The molecule has 0 fully saturated rings. The van der Waals surface area contributed by atoms with Crippen molar-refractivity contribution in [3.8, 4) is 11.1 Å². The van der Waals surface area contributed by atoms with Crippen LogP contribution in [0.5, 0.6) is 0 Å². The van der Waals surface area contributed by atoms with E-state index in [1.807, 2.05) is 13.8 Å². The number of hydrogen-bond acceptors (Lipinski definition) is 2. The number of aryl methyl sites for hydroxylation is 1. The van der Waals surface area contributed by atoms with Crippen molar-refractivity contribution >= 4 is 11.5 Å². The van der Waals surface area contributed by atoms with Crippen LogP contribution >= 0.6 is 0 Å². The zero-order valence-electron chi connectivity index (χ0n) is 14.3. The first-order valence-corrected chi connectivity index (χ1v) is 8.27. The van der Waals surface area contributed by atoms with Crippen LogP contribution in [0.4, 0.5) is 19.0 Å². The number of benzene rings is 2. The van der Waals surface area contributed by atoms with Crippen molar-refractivity contribution in [1.82, 2.24) is 9.78 Å². The Balaban J connectivity index is 1.89. The summed E-state index contributed by atoms with van der Waals surface area (Å²) in [7, 11) is 0. The second-order valence-electron chi connectivity index (χ2n) is 6.51. The summed E-state index contributed by atoms with van der Waals surface area (Å²) >= 11 is 0. The predicted molar refractivity (Wildman–Crippen MR) is 94.2 cm³/mol. The monoisotopic (exact) mass is 355 g/mol. The third kappa shape index (κ3) is 2.81. The van der Waals surface area contributed by atoms with Gasteiger partial charge >= 0.3 is 0 Å². The van der Waals surface area contributed by atoms with Crippen LogP contribution in [-0.4, -0.2) is 15.5 Å². The van der Waals surface area contributed by atoms with Gasteiger partial charge < -0.3 is 0 Å². The molecule has 0 spiro atoms. The number of aromatic nitrogens is 2. The molecule has 6 heteroatoms. The number of halogens is 3. The normalized spacial score (nSPS) is 16.3. The summed E-state index contributed by atoms with van der Waals surface area (Å²) in [5.41, 5.74) is 3.67. The van der Waals surface area contributed by atoms with Crippen molar-refractivity contribution in [3.05, 3.63) is 71.2 Å². The fraction of sp³-hybridized carbons (Fsp3) is 0.200. The van der Waals surface area contributed by atoms with Crippen LogP contribution in [-0.2, 0) is 0 Å². The van der Waals surface area contributed by atoms with E-state index >= 15 is 0 Å². The Bertz CT molecular complexity index is 999. The Morgan fingerprint density at radius 2 is 1.58 bits per heavy atom. The van der Waals surface area contributed by atoms with E-state index in [9.17, 15) is 13.2 Å². The molecule has 0 bridgehead atoms. The van der Waals surface area contributed by atoms with Crippen LogP contribution in [0.25, 0.3) is 11.1 Å². The minimum atomic E-state index is -0.621.